The van der Waals surface area contributed by atoms with Crippen LogP contribution in [0.5, 0.6) is 0 Å². The third kappa shape index (κ3) is 5.57. The Kier molecular flexibility index (Phi) is 6.80. The van der Waals surface area contributed by atoms with Gasteiger partial charge in [0, 0.05) is 32.7 Å². The summed E-state index contributed by atoms with van der Waals surface area (Å²) < 4.78 is 0. The van der Waals surface area contributed by atoms with Crippen molar-refractivity contribution in [3.63, 3.8) is 0 Å². The molecule has 0 spiro atoms. The summed E-state index contributed by atoms with van der Waals surface area (Å²) in [6.07, 6.45) is 2.92. The number of carboxylic acid groups (broad SMARTS) is 1. The minimum atomic E-state index is -0.778. The van der Waals surface area contributed by atoms with Crippen LogP contribution in [-0.2, 0) is 9.59 Å². The van der Waals surface area contributed by atoms with Gasteiger partial charge in [-0.15, -0.1) is 0 Å². The predicted molar refractivity (Wildman–Crippen MR) is 72.8 cm³/mol. The van der Waals surface area contributed by atoms with Crippen molar-refractivity contribution < 1.29 is 14.7 Å². The van der Waals surface area contributed by atoms with E-state index in [2.05, 4.69) is 11.8 Å². The number of piperazine rings is 1. The molecule has 0 bridgehead atoms. The van der Waals surface area contributed by atoms with E-state index in [9.17, 15) is 9.59 Å². The summed E-state index contributed by atoms with van der Waals surface area (Å²) in [5.41, 5.74) is 5.88. The summed E-state index contributed by atoms with van der Waals surface area (Å²) in [4.78, 5) is 26.4. The summed E-state index contributed by atoms with van der Waals surface area (Å²) in [6.45, 7) is 5.41. The van der Waals surface area contributed by atoms with Crippen LogP contribution in [0, 0.1) is 0 Å². The van der Waals surface area contributed by atoms with E-state index in [1.165, 1.54) is 0 Å². The zero-order valence-corrected chi connectivity index (χ0v) is 11.7. The molecular weight excluding hydrogens is 246 g/mol. The van der Waals surface area contributed by atoms with Crippen molar-refractivity contribution in [2.75, 3.05) is 32.7 Å². The molecule has 0 radical (unpaired) electrons. The number of hydrogen-bond acceptors (Lipinski definition) is 4. The molecule has 1 heterocycles. The molecule has 1 amide bonds. The first-order valence-corrected chi connectivity index (χ1v) is 7.03. The van der Waals surface area contributed by atoms with Crippen molar-refractivity contribution in [2.24, 2.45) is 5.73 Å². The lowest BCUT2D eigenvalue weighted by Gasteiger charge is -2.35. The summed E-state index contributed by atoms with van der Waals surface area (Å²) in [7, 11) is 0. The number of nitrogens with zero attached hydrogens (tertiary/aromatic N) is 2. The molecule has 0 aromatic rings. The first-order valence-electron chi connectivity index (χ1n) is 7.03. The molecule has 0 aromatic carbocycles. The molecule has 110 valence electrons. The third-order valence-corrected chi connectivity index (χ3v) is 3.51. The summed E-state index contributed by atoms with van der Waals surface area (Å²) >= 11 is 0. The van der Waals surface area contributed by atoms with E-state index in [1.54, 1.807) is 4.90 Å². The molecule has 6 heteroatoms. The van der Waals surface area contributed by atoms with E-state index in [1.807, 2.05) is 0 Å². The van der Waals surface area contributed by atoms with Gasteiger partial charge in [-0.05, 0) is 6.42 Å². The van der Waals surface area contributed by atoms with Crippen LogP contribution in [0.1, 0.15) is 32.6 Å². The van der Waals surface area contributed by atoms with Crippen molar-refractivity contribution in [2.45, 2.75) is 38.6 Å². The van der Waals surface area contributed by atoms with E-state index >= 15 is 0 Å². The Labute approximate surface area is 114 Å². The third-order valence-electron chi connectivity index (χ3n) is 3.51. The highest BCUT2D eigenvalue weighted by atomic mass is 16.4. The maximum absolute atomic E-state index is 12.1. The highest BCUT2D eigenvalue weighted by molar-refractivity contribution is 5.81. The van der Waals surface area contributed by atoms with Gasteiger partial charge >= 0.3 is 5.97 Å². The van der Waals surface area contributed by atoms with E-state index in [4.69, 9.17) is 10.8 Å². The minimum Gasteiger partial charge on any atom is -0.481 e. The van der Waals surface area contributed by atoms with Crippen molar-refractivity contribution in [3.8, 4) is 0 Å². The second-order valence-electron chi connectivity index (χ2n) is 5.06. The van der Waals surface area contributed by atoms with Crippen molar-refractivity contribution in [1.82, 2.24) is 9.80 Å². The summed E-state index contributed by atoms with van der Waals surface area (Å²) in [6, 6.07) is -0.384. The van der Waals surface area contributed by atoms with E-state index in [-0.39, 0.29) is 18.4 Å². The standard InChI is InChI=1S/C13H25N3O3/c1-2-3-4-11(14)13(19)16-9-7-15(8-10-16)6-5-12(17)18/h11H,2-10,14H2,1H3,(H,17,18)/t11-/m0/s1. The monoisotopic (exact) mass is 271 g/mol. The number of aliphatic carboxylic acids is 1. The van der Waals surface area contributed by atoms with Gasteiger partial charge in [0.1, 0.15) is 0 Å². The SMILES string of the molecule is CCCC[C@H](N)C(=O)N1CCN(CCC(=O)O)CC1. The molecule has 0 aromatic heterocycles. The van der Waals surface area contributed by atoms with E-state index in [0.29, 0.717) is 19.6 Å². The van der Waals surface area contributed by atoms with Gasteiger partial charge in [-0.2, -0.15) is 0 Å². The maximum Gasteiger partial charge on any atom is 0.304 e. The smallest absolute Gasteiger partial charge is 0.304 e. The fraction of sp³-hybridized carbons (Fsp3) is 0.846. The van der Waals surface area contributed by atoms with Gasteiger partial charge in [-0.3, -0.25) is 14.5 Å². The van der Waals surface area contributed by atoms with Crippen LogP contribution in [0.15, 0.2) is 0 Å². The van der Waals surface area contributed by atoms with Crippen molar-refractivity contribution in [3.05, 3.63) is 0 Å². The van der Waals surface area contributed by atoms with Crippen molar-refractivity contribution in [1.29, 1.82) is 0 Å². The van der Waals surface area contributed by atoms with Crippen LogP contribution in [0.3, 0.4) is 0 Å². The molecule has 0 saturated carbocycles. The van der Waals surface area contributed by atoms with Gasteiger partial charge in [0.2, 0.25) is 5.91 Å². The van der Waals surface area contributed by atoms with Gasteiger partial charge in [-0.1, -0.05) is 19.8 Å². The Morgan fingerprint density at radius 3 is 2.42 bits per heavy atom. The number of carbonyl (C=O) groups excluding carboxylic acids is 1. The molecule has 0 aliphatic carbocycles. The first-order chi connectivity index (χ1) is 9.04. The van der Waals surface area contributed by atoms with E-state index in [0.717, 1.165) is 32.4 Å². The zero-order valence-electron chi connectivity index (χ0n) is 11.7. The van der Waals surface area contributed by atoms with Crippen LogP contribution in [0.2, 0.25) is 0 Å². The Bertz CT molecular complexity index is 302. The number of unbranched alkanes of at least 4 members (excludes halogenated alkanes) is 1. The molecule has 1 fully saturated rings. The molecular formula is C13H25N3O3. The maximum atomic E-state index is 12.1. The number of carboxylic acids is 1. The predicted octanol–water partition coefficient (Wildman–Crippen LogP) is 0.123. The lowest BCUT2D eigenvalue weighted by molar-refractivity contribution is -0.138. The van der Waals surface area contributed by atoms with Gasteiger partial charge in [0.05, 0.1) is 12.5 Å². The van der Waals surface area contributed by atoms with Crippen LogP contribution in [0.4, 0.5) is 0 Å². The molecule has 0 unspecified atom stereocenters. The lowest BCUT2D eigenvalue weighted by Crippen LogP contribution is -2.53. The first kappa shape index (κ1) is 15.9. The molecule has 19 heavy (non-hydrogen) atoms. The van der Waals surface area contributed by atoms with E-state index < -0.39 is 5.97 Å². The minimum absolute atomic E-state index is 0.0336. The zero-order chi connectivity index (χ0) is 14.3. The number of rotatable bonds is 7. The number of carbonyl (C=O) groups is 2. The molecule has 6 nitrogen and oxygen atoms in total. The molecule has 3 N–H and O–H groups in total. The average molecular weight is 271 g/mol. The van der Waals surface area contributed by atoms with Crippen LogP contribution in [0.25, 0.3) is 0 Å². The number of amides is 1. The molecule has 1 aliphatic heterocycles. The Morgan fingerprint density at radius 2 is 1.89 bits per heavy atom. The number of nitrogens with two attached hydrogens (primary N) is 1. The number of hydrogen-bond donors (Lipinski definition) is 2. The highest BCUT2D eigenvalue weighted by Crippen LogP contribution is 2.07. The average Bonchev–Trinajstić information content (AvgIpc) is 2.42. The summed E-state index contributed by atoms with van der Waals surface area (Å²) in [5.74, 6) is -0.744. The van der Waals surface area contributed by atoms with Crippen molar-refractivity contribution >= 4 is 11.9 Å². The fourth-order valence-corrected chi connectivity index (χ4v) is 2.23. The fourth-order valence-electron chi connectivity index (χ4n) is 2.23. The lowest BCUT2D eigenvalue weighted by atomic mass is 10.1. The highest BCUT2D eigenvalue weighted by Gasteiger charge is 2.24. The van der Waals surface area contributed by atoms with Crippen LogP contribution < -0.4 is 5.73 Å². The second kappa shape index (κ2) is 8.12. The Hall–Kier alpha value is -1.14. The largest absolute Gasteiger partial charge is 0.481 e. The van der Waals surface area contributed by atoms with Crippen LogP contribution >= 0.6 is 0 Å². The van der Waals surface area contributed by atoms with Gasteiger partial charge < -0.3 is 15.7 Å². The Balaban J connectivity index is 2.28. The molecule has 1 rings (SSSR count). The Morgan fingerprint density at radius 1 is 1.26 bits per heavy atom. The molecule has 1 atom stereocenters. The van der Waals surface area contributed by atoms with Gasteiger partial charge in [-0.25, -0.2) is 0 Å². The summed E-state index contributed by atoms with van der Waals surface area (Å²) in [5, 5.41) is 8.63. The van der Waals surface area contributed by atoms with Gasteiger partial charge in [0.25, 0.3) is 0 Å². The normalized spacial score (nSPS) is 18.3. The quantitative estimate of drug-likeness (QED) is 0.687. The molecule has 1 aliphatic rings. The molecule has 1 saturated heterocycles. The topological polar surface area (TPSA) is 86.9 Å². The van der Waals surface area contributed by atoms with Gasteiger partial charge in [0.15, 0.2) is 0 Å². The second-order valence-corrected chi connectivity index (χ2v) is 5.06. The van der Waals surface area contributed by atoms with Crippen LogP contribution in [-0.4, -0.2) is 65.5 Å².